The lowest BCUT2D eigenvalue weighted by Gasteiger charge is -2.12. The SMILES string of the molecule is NC(=O)c1cc(F)c(Oc2ccc(Cl)c(C(F)(F)F)c2)cc1F. The van der Waals surface area contributed by atoms with Crippen molar-refractivity contribution in [2.45, 2.75) is 6.18 Å². The lowest BCUT2D eigenvalue weighted by molar-refractivity contribution is -0.137. The molecule has 2 aromatic carbocycles. The topological polar surface area (TPSA) is 52.3 Å². The molecule has 3 nitrogen and oxygen atoms in total. The molecule has 0 radical (unpaired) electrons. The molecule has 0 bridgehead atoms. The number of rotatable bonds is 3. The Hall–Kier alpha value is -2.35. The van der Waals surface area contributed by atoms with Crippen LogP contribution in [-0.4, -0.2) is 5.91 Å². The molecule has 0 aromatic heterocycles. The number of carbonyl (C=O) groups excluding carboxylic acids is 1. The number of carbonyl (C=O) groups is 1. The minimum absolute atomic E-state index is 0.410. The van der Waals surface area contributed by atoms with Crippen molar-refractivity contribution in [2.24, 2.45) is 5.73 Å². The van der Waals surface area contributed by atoms with E-state index in [2.05, 4.69) is 0 Å². The third kappa shape index (κ3) is 3.70. The van der Waals surface area contributed by atoms with Crippen LogP contribution in [0.1, 0.15) is 15.9 Å². The van der Waals surface area contributed by atoms with E-state index in [9.17, 15) is 26.7 Å². The van der Waals surface area contributed by atoms with Crippen LogP contribution in [0, 0.1) is 11.6 Å². The minimum atomic E-state index is -4.74. The second kappa shape index (κ2) is 6.04. The fourth-order valence-corrected chi connectivity index (χ4v) is 1.93. The fraction of sp³-hybridized carbons (Fsp3) is 0.0714. The molecule has 0 saturated carbocycles. The third-order valence-corrected chi connectivity index (χ3v) is 3.09. The Balaban J connectivity index is 2.40. The molecule has 23 heavy (non-hydrogen) atoms. The standard InChI is InChI=1S/C14H7ClF5NO2/c15-9-2-1-6(3-8(9)14(18,19)20)23-12-5-10(16)7(13(21)22)4-11(12)17/h1-5H,(H2,21,22). The number of hydrogen-bond donors (Lipinski definition) is 1. The molecule has 0 aliphatic rings. The highest BCUT2D eigenvalue weighted by Gasteiger charge is 2.33. The quantitative estimate of drug-likeness (QED) is 0.826. The number of halogens is 6. The molecule has 0 unspecified atom stereocenters. The van der Waals surface area contributed by atoms with Crippen molar-refractivity contribution in [3.63, 3.8) is 0 Å². The van der Waals surface area contributed by atoms with Crippen LogP contribution in [0.5, 0.6) is 11.5 Å². The van der Waals surface area contributed by atoms with Gasteiger partial charge in [-0.05, 0) is 24.3 Å². The molecule has 0 aliphatic heterocycles. The van der Waals surface area contributed by atoms with Gasteiger partial charge in [-0.3, -0.25) is 4.79 Å². The number of amides is 1. The summed E-state index contributed by atoms with van der Waals surface area (Å²) in [6.45, 7) is 0. The van der Waals surface area contributed by atoms with Gasteiger partial charge in [0, 0.05) is 6.07 Å². The molecule has 0 spiro atoms. The van der Waals surface area contributed by atoms with Gasteiger partial charge < -0.3 is 10.5 Å². The molecule has 0 aliphatic carbocycles. The van der Waals surface area contributed by atoms with Crippen LogP contribution in [0.4, 0.5) is 22.0 Å². The van der Waals surface area contributed by atoms with Crippen molar-refractivity contribution >= 4 is 17.5 Å². The molecule has 1 amide bonds. The number of hydrogen-bond acceptors (Lipinski definition) is 2. The second-order valence-corrected chi connectivity index (χ2v) is 4.78. The number of ether oxygens (including phenoxy) is 1. The zero-order valence-corrected chi connectivity index (χ0v) is 11.8. The molecule has 0 heterocycles. The van der Waals surface area contributed by atoms with Gasteiger partial charge in [-0.1, -0.05) is 11.6 Å². The first-order valence-corrected chi connectivity index (χ1v) is 6.31. The summed E-state index contributed by atoms with van der Waals surface area (Å²) in [5.74, 6) is -4.64. The van der Waals surface area contributed by atoms with E-state index in [1.54, 1.807) is 0 Å². The summed E-state index contributed by atoms with van der Waals surface area (Å²) < 4.78 is 70.4. The van der Waals surface area contributed by atoms with Gasteiger partial charge in [0.2, 0.25) is 0 Å². The molecule has 122 valence electrons. The first-order valence-electron chi connectivity index (χ1n) is 5.93. The minimum Gasteiger partial charge on any atom is -0.454 e. The molecular formula is C14H7ClF5NO2. The molecular weight excluding hydrogens is 345 g/mol. The largest absolute Gasteiger partial charge is 0.454 e. The summed E-state index contributed by atoms with van der Waals surface area (Å²) in [7, 11) is 0. The van der Waals surface area contributed by atoms with Crippen molar-refractivity contribution in [3.8, 4) is 11.5 Å². The van der Waals surface area contributed by atoms with Crippen LogP contribution >= 0.6 is 11.6 Å². The second-order valence-electron chi connectivity index (χ2n) is 4.37. The van der Waals surface area contributed by atoms with E-state index in [1.165, 1.54) is 0 Å². The molecule has 0 atom stereocenters. The van der Waals surface area contributed by atoms with Gasteiger partial charge in [-0.2, -0.15) is 13.2 Å². The number of benzene rings is 2. The average Bonchev–Trinajstić information content (AvgIpc) is 2.43. The highest BCUT2D eigenvalue weighted by molar-refractivity contribution is 6.31. The Morgan fingerprint density at radius 3 is 2.30 bits per heavy atom. The molecule has 9 heteroatoms. The molecule has 2 aromatic rings. The van der Waals surface area contributed by atoms with Crippen LogP contribution in [0.3, 0.4) is 0 Å². The Morgan fingerprint density at radius 2 is 1.74 bits per heavy atom. The van der Waals surface area contributed by atoms with E-state index in [0.717, 1.165) is 12.1 Å². The maximum atomic E-state index is 13.7. The van der Waals surface area contributed by atoms with Gasteiger partial charge in [-0.15, -0.1) is 0 Å². The van der Waals surface area contributed by atoms with Gasteiger partial charge in [0.1, 0.15) is 11.6 Å². The van der Waals surface area contributed by atoms with Gasteiger partial charge in [0.15, 0.2) is 11.6 Å². The van der Waals surface area contributed by atoms with Gasteiger partial charge in [0.25, 0.3) is 5.91 Å². The maximum Gasteiger partial charge on any atom is 0.417 e. The predicted octanol–water partition coefficient (Wildman–Crippen LogP) is 4.53. The van der Waals surface area contributed by atoms with Crippen molar-refractivity contribution in [1.29, 1.82) is 0 Å². The first kappa shape index (κ1) is 17.0. The van der Waals surface area contributed by atoms with E-state index in [1.807, 2.05) is 0 Å². The van der Waals surface area contributed by atoms with Crippen molar-refractivity contribution in [2.75, 3.05) is 0 Å². The molecule has 0 fully saturated rings. The Labute approximate surface area is 131 Å². The average molecular weight is 352 g/mol. The summed E-state index contributed by atoms with van der Waals surface area (Å²) >= 11 is 5.43. The Bertz CT molecular complexity index is 776. The van der Waals surface area contributed by atoms with Crippen LogP contribution in [0.2, 0.25) is 5.02 Å². The third-order valence-electron chi connectivity index (χ3n) is 2.76. The zero-order chi connectivity index (χ0) is 17.4. The van der Waals surface area contributed by atoms with Gasteiger partial charge in [0.05, 0.1) is 16.1 Å². The smallest absolute Gasteiger partial charge is 0.417 e. The monoisotopic (exact) mass is 351 g/mol. The van der Waals surface area contributed by atoms with Crippen LogP contribution in [0.25, 0.3) is 0 Å². The first-order chi connectivity index (χ1) is 10.6. The molecule has 2 rings (SSSR count). The molecule has 0 saturated heterocycles. The van der Waals surface area contributed by atoms with Gasteiger partial charge >= 0.3 is 6.18 Å². The van der Waals surface area contributed by atoms with Crippen molar-refractivity contribution < 1.29 is 31.5 Å². The lowest BCUT2D eigenvalue weighted by Crippen LogP contribution is -2.13. The van der Waals surface area contributed by atoms with Crippen LogP contribution in [-0.2, 0) is 6.18 Å². The van der Waals surface area contributed by atoms with E-state index < -0.39 is 51.4 Å². The fourth-order valence-electron chi connectivity index (χ4n) is 1.71. The van der Waals surface area contributed by atoms with Gasteiger partial charge in [-0.25, -0.2) is 8.78 Å². The molecule has 2 N–H and O–H groups in total. The summed E-state index contributed by atoms with van der Waals surface area (Å²) in [5, 5.41) is -0.569. The van der Waals surface area contributed by atoms with Crippen molar-refractivity contribution in [3.05, 3.63) is 58.1 Å². The van der Waals surface area contributed by atoms with E-state index in [4.69, 9.17) is 22.1 Å². The number of alkyl halides is 3. The summed E-state index contributed by atoms with van der Waals surface area (Å²) in [4.78, 5) is 10.9. The summed E-state index contributed by atoms with van der Waals surface area (Å²) in [6.07, 6.45) is -4.74. The van der Waals surface area contributed by atoms with Crippen LogP contribution in [0.15, 0.2) is 30.3 Å². The lowest BCUT2D eigenvalue weighted by atomic mass is 10.2. The maximum absolute atomic E-state index is 13.7. The predicted molar refractivity (Wildman–Crippen MR) is 71.4 cm³/mol. The van der Waals surface area contributed by atoms with Crippen molar-refractivity contribution in [1.82, 2.24) is 0 Å². The highest BCUT2D eigenvalue weighted by Crippen LogP contribution is 2.38. The summed E-state index contributed by atoms with van der Waals surface area (Å²) in [5.41, 5.74) is 2.95. The van der Waals surface area contributed by atoms with E-state index in [0.29, 0.717) is 18.2 Å². The van der Waals surface area contributed by atoms with Crippen LogP contribution < -0.4 is 10.5 Å². The summed E-state index contributed by atoms with van der Waals surface area (Å²) in [6, 6.07) is 3.51. The zero-order valence-electron chi connectivity index (χ0n) is 11.0. The number of nitrogens with two attached hydrogens (primary N) is 1. The highest BCUT2D eigenvalue weighted by atomic mass is 35.5. The number of primary amides is 1. The van der Waals surface area contributed by atoms with E-state index in [-0.39, 0.29) is 0 Å². The normalized spacial score (nSPS) is 11.4. The Kier molecular flexibility index (Phi) is 4.46. The van der Waals surface area contributed by atoms with E-state index >= 15 is 0 Å². The Morgan fingerprint density at radius 1 is 1.09 bits per heavy atom.